The number of nitrogens with zero attached hydrogens (tertiary/aromatic N) is 4. The lowest BCUT2D eigenvalue weighted by Crippen LogP contribution is -2.48. The van der Waals surface area contributed by atoms with Crippen molar-refractivity contribution in [3.63, 3.8) is 0 Å². The molecule has 1 aliphatic rings. The fraction of sp³-hybridized carbons (Fsp3) is 0.500. The topological polar surface area (TPSA) is 98.0 Å². The van der Waals surface area contributed by atoms with Gasteiger partial charge in [-0.1, -0.05) is 12.1 Å². The van der Waals surface area contributed by atoms with Gasteiger partial charge >= 0.3 is 0 Å². The molecule has 9 nitrogen and oxygen atoms in total. The van der Waals surface area contributed by atoms with E-state index in [4.69, 9.17) is 14.0 Å². The predicted octanol–water partition coefficient (Wildman–Crippen LogP) is 1.32. The van der Waals surface area contributed by atoms with E-state index in [-0.39, 0.29) is 13.2 Å². The number of benzene rings is 1. The highest BCUT2D eigenvalue weighted by Gasteiger charge is 2.34. The number of rotatable bonds is 6. The lowest BCUT2D eigenvalue weighted by molar-refractivity contribution is -0.01000. The van der Waals surface area contributed by atoms with Gasteiger partial charge in [-0.05, 0) is 24.3 Å². The SMILES string of the molecule is CCN(C)S(=O)(=O)N1CCO[C@H](c2noc(-c3ccc(OC)cc3)n2)C1. The van der Waals surface area contributed by atoms with Crippen LogP contribution in [0, 0.1) is 0 Å². The third kappa shape index (κ3) is 3.73. The van der Waals surface area contributed by atoms with Gasteiger partial charge in [0.1, 0.15) is 11.9 Å². The van der Waals surface area contributed by atoms with Gasteiger partial charge in [0.15, 0.2) is 0 Å². The van der Waals surface area contributed by atoms with Gasteiger partial charge in [-0.15, -0.1) is 0 Å². The largest absolute Gasteiger partial charge is 0.497 e. The zero-order chi connectivity index (χ0) is 18.7. The third-order valence-electron chi connectivity index (χ3n) is 4.26. The summed E-state index contributed by atoms with van der Waals surface area (Å²) >= 11 is 0. The molecule has 10 heteroatoms. The lowest BCUT2D eigenvalue weighted by atomic mass is 10.2. The Morgan fingerprint density at radius 3 is 2.73 bits per heavy atom. The zero-order valence-corrected chi connectivity index (χ0v) is 15.8. The van der Waals surface area contributed by atoms with Crippen LogP contribution in [-0.4, -0.2) is 67.6 Å². The Balaban J connectivity index is 1.76. The molecule has 1 atom stereocenters. The summed E-state index contributed by atoms with van der Waals surface area (Å²) < 4.78 is 43.8. The Morgan fingerprint density at radius 1 is 1.35 bits per heavy atom. The van der Waals surface area contributed by atoms with E-state index in [1.165, 1.54) is 8.61 Å². The van der Waals surface area contributed by atoms with Gasteiger partial charge in [0.25, 0.3) is 16.1 Å². The maximum atomic E-state index is 12.5. The molecular formula is C16H22N4O5S. The van der Waals surface area contributed by atoms with Gasteiger partial charge in [0.2, 0.25) is 5.82 Å². The van der Waals surface area contributed by atoms with Crippen LogP contribution in [0.4, 0.5) is 0 Å². The molecule has 1 saturated heterocycles. The smallest absolute Gasteiger partial charge is 0.281 e. The minimum absolute atomic E-state index is 0.147. The number of morpholine rings is 1. The van der Waals surface area contributed by atoms with E-state index in [1.54, 1.807) is 33.2 Å². The van der Waals surface area contributed by atoms with Gasteiger partial charge in [-0.3, -0.25) is 0 Å². The molecule has 0 bridgehead atoms. The number of hydrogen-bond acceptors (Lipinski definition) is 7. The second kappa shape index (κ2) is 7.70. The zero-order valence-electron chi connectivity index (χ0n) is 15.0. The Hall–Kier alpha value is -2.01. The average molecular weight is 382 g/mol. The minimum Gasteiger partial charge on any atom is -0.497 e. The average Bonchev–Trinajstić information content (AvgIpc) is 3.17. The summed E-state index contributed by atoms with van der Waals surface area (Å²) in [5, 5.41) is 3.96. The molecule has 2 heterocycles. The quantitative estimate of drug-likeness (QED) is 0.743. The molecule has 2 aromatic rings. The molecule has 0 aliphatic carbocycles. The fourth-order valence-corrected chi connectivity index (χ4v) is 3.92. The first-order valence-corrected chi connectivity index (χ1v) is 9.66. The lowest BCUT2D eigenvalue weighted by Gasteiger charge is -2.32. The van der Waals surface area contributed by atoms with Crippen molar-refractivity contribution in [2.75, 3.05) is 40.4 Å². The highest BCUT2D eigenvalue weighted by molar-refractivity contribution is 7.86. The maximum Gasteiger partial charge on any atom is 0.281 e. The summed E-state index contributed by atoms with van der Waals surface area (Å²) in [5.74, 6) is 1.40. The summed E-state index contributed by atoms with van der Waals surface area (Å²) in [6.07, 6.45) is -0.570. The van der Waals surface area contributed by atoms with E-state index in [9.17, 15) is 8.42 Å². The summed E-state index contributed by atoms with van der Waals surface area (Å²) in [6.45, 7) is 2.90. The second-order valence-corrected chi connectivity index (χ2v) is 7.86. The summed E-state index contributed by atoms with van der Waals surface area (Å²) in [4.78, 5) is 4.36. The molecular weight excluding hydrogens is 360 g/mol. The van der Waals surface area contributed by atoms with Crippen LogP contribution >= 0.6 is 0 Å². The van der Waals surface area contributed by atoms with Crippen molar-refractivity contribution >= 4 is 10.2 Å². The summed E-state index contributed by atoms with van der Waals surface area (Å²) in [7, 11) is -0.375. The molecule has 0 N–H and O–H groups in total. The number of hydrogen-bond donors (Lipinski definition) is 0. The first-order chi connectivity index (χ1) is 12.5. The van der Waals surface area contributed by atoms with Crippen molar-refractivity contribution in [3.05, 3.63) is 30.1 Å². The Morgan fingerprint density at radius 2 is 2.08 bits per heavy atom. The molecule has 0 amide bonds. The molecule has 0 spiro atoms. The Kier molecular flexibility index (Phi) is 5.56. The van der Waals surface area contributed by atoms with Crippen LogP contribution in [0.5, 0.6) is 5.75 Å². The number of aromatic nitrogens is 2. The van der Waals surface area contributed by atoms with E-state index in [1.807, 2.05) is 12.1 Å². The first kappa shape index (κ1) is 18.8. The highest BCUT2D eigenvalue weighted by Crippen LogP contribution is 2.26. The van der Waals surface area contributed by atoms with E-state index in [2.05, 4.69) is 10.1 Å². The van der Waals surface area contributed by atoms with Gasteiger partial charge < -0.3 is 14.0 Å². The molecule has 3 rings (SSSR count). The summed E-state index contributed by atoms with van der Waals surface area (Å²) in [5.41, 5.74) is 0.746. The number of ether oxygens (including phenoxy) is 2. The van der Waals surface area contributed by atoms with Crippen molar-refractivity contribution in [2.24, 2.45) is 0 Å². The molecule has 1 aromatic heterocycles. The Labute approximate surface area is 152 Å². The standard InChI is InChI=1S/C16H22N4O5S/c1-4-19(2)26(21,22)20-9-10-24-14(11-20)15-17-16(25-18-15)12-5-7-13(23-3)8-6-12/h5-8,14H,4,9-11H2,1-3H3/t14-/m0/s1. The first-order valence-electron chi connectivity index (χ1n) is 8.26. The fourth-order valence-electron chi connectivity index (χ4n) is 2.57. The van der Waals surface area contributed by atoms with E-state index >= 15 is 0 Å². The van der Waals surface area contributed by atoms with E-state index in [0.29, 0.717) is 24.8 Å². The Bertz CT molecular complexity index is 837. The molecule has 0 saturated carbocycles. The predicted molar refractivity (Wildman–Crippen MR) is 93.8 cm³/mol. The normalized spacial score (nSPS) is 19.0. The van der Waals surface area contributed by atoms with Crippen LogP contribution in [0.15, 0.2) is 28.8 Å². The molecule has 0 radical (unpaired) electrons. The van der Waals surface area contributed by atoms with Gasteiger partial charge in [0, 0.05) is 32.2 Å². The van der Waals surface area contributed by atoms with E-state index < -0.39 is 16.3 Å². The van der Waals surface area contributed by atoms with Gasteiger partial charge in [-0.2, -0.15) is 22.0 Å². The van der Waals surface area contributed by atoms with Crippen molar-refractivity contribution < 1.29 is 22.4 Å². The summed E-state index contributed by atoms with van der Waals surface area (Å²) in [6, 6.07) is 7.21. The highest BCUT2D eigenvalue weighted by atomic mass is 32.2. The minimum atomic E-state index is -3.52. The molecule has 0 unspecified atom stereocenters. The van der Waals surface area contributed by atoms with Crippen LogP contribution < -0.4 is 4.74 Å². The van der Waals surface area contributed by atoms with E-state index in [0.717, 1.165) is 11.3 Å². The molecule has 1 aliphatic heterocycles. The van der Waals surface area contributed by atoms with Gasteiger partial charge in [-0.25, -0.2) is 0 Å². The van der Waals surface area contributed by atoms with Crippen LogP contribution in [0.2, 0.25) is 0 Å². The third-order valence-corrected chi connectivity index (χ3v) is 6.29. The van der Waals surface area contributed by atoms with Crippen molar-refractivity contribution in [2.45, 2.75) is 13.0 Å². The monoisotopic (exact) mass is 382 g/mol. The second-order valence-electron chi connectivity index (χ2n) is 5.83. The van der Waals surface area contributed by atoms with Crippen molar-refractivity contribution in [3.8, 4) is 17.2 Å². The molecule has 1 fully saturated rings. The van der Waals surface area contributed by atoms with Crippen molar-refractivity contribution in [1.29, 1.82) is 0 Å². The molecule has 142 valence electrons. The number of methoxy groups -OCH3 is 1. The van der Waals surface area contributed by atoms with Crippen LogP contribution in [0.1, 0.15) is 18.9 Å². The van der Waals surface area contributed by atoms with Crippen LogP contribution in [0.3, 0.4) is 0 Å². The van der Waals surface area contributed by atoms with Gasteiger partial charge in [0.05, 0.1) is 13.7 Å². The molecule has 26 heavy (non-hydrogen) atoms. The van der Waals surface area contributed by atoms with Crippen molar-refractivity contribution in [1.82, 2.24) is 18.8 Å². The van der Waals surface area contributed by atoms with Crippen LogP contribution in [0.25, 0.3) is 11.5 Å². The van der Waals surface area contributed by atoms with Crippen LogP contribution in [-0.2, 0) is 14.9 Å². The molecule has 1 aromatic carbocycles. The maximum absolute atomic E-state index is 12.5.